The molecule has 144 valence electrons. The molecule has 1 unspecified atom stereocenters. The molecule has 1 aliphatic rings. The molecule has 2 aromatic rings. The Kier molecular flexibility index (Phi) is 6.04. The zero-order chi connectivity index (χ0) is 19.6. The van der Waals surface area contributed by atoms with E-state index in [0.717, 1.165) is 30.0 Å². The second-order valence-corrected chi connectivity index (χ2v) is 8.39. The molecule has 27 heavy (non-hydrogen) atoms. The number of carbonyl (C=O) groups is 2. The van der Waals surface area contributed by atoms with E-state index in [1.165, 1.54) is 16.2 Å². The quantitative estimate of drug-likeness (QED) is 0.682. The van der Waals surface area contributed by atoms with Crippen molar-refractivity contribution in [2.45, 2.75) is 32.9 Å². The maximum Gasteiger partial charge on any atom is 0.262 e. The van der Waals surface area contributed by atoms with Crippen molar-refractivity contribution in [3.8, 4) is 5.75 Å². The Morgan fingerprint density at radius 1 is 1.33 bits per heavy atom. The third-order valence-corrected chi connectivity index (χ3v) is 6.07. The van der Waals surface area contributed by atoms with Gasteiger partial charge in [0.2, 0.25) is 0 Å². The predicted octanol–water partition coefficient (Wildman–Crippen LogP) is 1.87. The van der Waals surface area contributed by atoms with Gasteiger partial charge in [-0.3, -0.25) is 9.59 Å². The maximum absolute atomic E-state index is 12.3. The molecular weight excluding hydrogens is 386 g/mol. The number of benzene rings is 1. The fourth-order valence-electron chi connectivity index (χ4n) is 3.18. The van der Waals surface area contributed by atoms with Gasteiger partial charge in [0.1, 0.15) is 17.3 Å². The number of nitrogens with two attached hydrogens (primary N) is 1. The number of hydrogen-bond donors (Lipinski definition) is 3. The monoisotopic (exact) mass is 408 g/mol. The smallest absolute Gasteiger partial charge is 0.262 e. The molecule has 0 aliphatic carbocycles. The number of amides is 2. The summed E-state index contributed by atoms with van der Waals surface area (Å²) in [5.74, 6) is -0.292. The SMILES string of the molecule is CC(C)[NH+]1CCc2c(sc(NC(=O)COc3ccc(Cl)cc3)c2C(N)=O)C1. The van der Waals surface area contributed by atoms with Gasteiger partial charge in [0, 0.05) is 11.4 Å². The minimum absolute atomic E-state index is 0.161. The van der Waals surface area contributed by atoms with Crippen molar-refractivity contribution >= 4 is 39.8 Å². The fourth-order valence-corrected chi connectivity index (χ4v) is 4.63. The van der Waals surface area contributed by atoms with E-state index in [4.69, 9.17) is 22.1 Å². The average Bonchev–Trinajstić information content (AvgIpc) is 2.98. The van der Waals surface area contributed by atoms with Gasteiger partial charge in [0.25, 0.3) is 11.8 Å². The first kappa shape index (κ1) is 19.7. The molecular formula is C19H23ClN3O3S+. The Hall–Kier alpha value is -2.09. The van der Waals surface area contributed by atoms with E-state index in [1.54, 1.807) is 24.3 Å². The molecule has 3 rings (SSSR count). The Morgan fingerprint density at radius 2 is 2.04 bits per heavy atom. The first-order valence-corrected chi connectivity index (χ1v) is 10.0. The van der Waals surface area contributed by atoms with E-state index < -0.39 is 5.91 Å². The largest absolute Gasteiger partial charge is 0.484 e. The van der Waals surface area contributed by atoms with Gasteiger partial charge in [0.15, 0.2) is 6.61 Å². The van der Waals surface area contributed by atoms with Crippen LogP contribution >= 0.6 is 22.9 Å². The lowest BCUT2D eigenvalue weighted by Crippen LogP contribution is -3.14. The molecule has 2 amide bonds. The summed E-state index contributed by atoms with van der Waals surface area (Å²) in [5, 5.41) is 3.91. The topological polar surface area (TPSA) is 85.9 Å². The van der Waals surface area contributed by atoms with Gasteiger partial charge < -0.3 is 20.7 Å². The summed E-state index contributed by atoms with van der Waals surface area (Å²) in [7, 11) is 0. The zero-order valence-corrected chi connectivity index (χ0v) is 16.9. The molecule has 1 aromatic heterocycles. The molecule has 0 fully saturated rings. The van der Waals surface area contributed by atoms with Gasteiger partial charge in [0.05, 0.1) is 23.0 Å². The Bertz CT molecular complexity index is 849. The summed E-state index contributed by atoms with van der Waals surface area (Å²) in [5.41, 5.74) is 7.02. The molecule has 1 aliphatic heterocycles. The van der Waals surface area contributed by atoms with Crippen LogP contribution in [0, 0.1) is 0 Å². The lowest BCUT2D eigenvalue weighted by molar-refractivity contribution is -0.936. The maximum atomic E-state index is 12.3. The molecule has 1 atom stereocenters. The standard InChI is InChI=1S/C19H22ClN3O3S/c1-11(2)23-8-7-14-15(9-23)27-19(17(14)18(21)25)22-16(24)10-26-13-5-3-12(20)4-6-13/h3-6,11H,7-10H2,1-2H3,(H2,21,25)(H,22,24)/p+1. The Labute approximate surface area is 167 Å². The molecule has 1 aromatic carbocycles. The highest BCUT2D eigenvalue weighted by Crippen LogP contribution is 2.34. The van der Waals surface area contributed by atoms with Crippen molar-refractivity contribution in [1.82, 2.24) is 0 Å². The lowest BCUT2D eigenvalue weighted by atomic mass is 10.0. The number of fused-ring (bicyclic) bond motifs is 1. The van der Waals surface area contributed by atoms with Gasteiger partial charge in [-0.05, 0) is 43.7 Å². The van der Waals surface area contributed by atoms with Crippen LogP contribution in [0.25, 0.3) is 0 Å². The number of nitrogens with one attached hydrogen (secondary N) is 2. The van der Waals surface area contributed by atoms with Crippen LogP contribution in [-0.2, 0) is 17.8 Å². The van der Waals surface area contributed by atoms with Crippen molar-refractivity contribution < 1.29 is 19.2 Å². The number of thiophene rings is 1. The van der Waals surface area contributed by atoms with E-state index in [0.29, 0.717) is 27.4 Å². The normalized spacial score (nSPS) is 16.1. The summed E-state index contributed by atoms with van der Waals surface area (Å²) in [4.78, 5) is 26.9. The number of rotatable bonds is 6. The molecule has 8 heteroatoms. The molecule has 0 radical (unpaired) electrons. The van der Waals surface area contributed by atoms with Gasteiger partial charge in [-0.15, -0.1) is 11.3 Å². The van der Waals surface area contributed by atoms with Crippen molar-refractivity contribution in [2.75, 3.05) is 18.5 Å². The summed E-state index contributed by atoms with van der Waals surface area (Å²) >= 11 is 7.27. The van der Waals surface area contributed by atoms with Gasteiger partial charge in [-0.1, -0.05) is 11.6 Å². The number of carbonyl (C=O) groups excluding carboxylic acids is 2. The number of primary amides is 1. The Morgan fingerprint density at radius 3 is 2.67 bits per heavy atom. The summed E-state index contributed by atoms with van der Waals surface area (Å²) < 4.78 is 5.46. The lowest BCUT2D eigenvalue weighted by Gasteiger charge is -2.27. The molecule has 0 saturated heterocycles. The second-order valence-electron chi connectivity index (χ2n) is 6.85. The highest BCUT2D eigenvalue weighted by molar-refractivity contribution is 7.17. The number of quaternary nitrogens is 1. The first-order valence-electron chi connectivity index (χ1n) is 8.82. The van der Waals surface area contributed by atoms with Crippen LogP contribution < -0.4 is 20.7 Å². The van der Waals surface area contributed by atoms with E-state index in [1.807, 2.05) is 0 Å². The minimum atomic E-state index is -0.505. The highest BCUT2D eigenvalue weighted by Gasteiger charge is 2.30. The van der Waals surface area contributed by atoms with Crippen molar-refractivity contribution in [3.05, 3.63) is 45.3 Å². The highest BCUT2D eigenvalue weighted by atomic mass is 35.5. The first-order chi connectivity index (χ1) is 12.8. The van der Waals surface area contributed by atoms with E-state index in [-0.39, 0.29) is 12.5 Å². The number of halogens is 1. The molecule has 4 N–H and O–H groups in total. The van der Waals surface area contributed by atoms with Crippen LogP contribution in [0.4, 0.5) is 5.00 Å². The van der Waals surface area contributed by atoms with E-state index in [9.17, 15) is 9.59 Å². The average molecular weight is 409 g/mol. The zero-order valence-electron chi connectivity index (χ0n) is 15.3. The Balaban J connectivity index is 1.71. The molecule has 6 nitrogen and oxygen atoms in total. The predicted molar refractivity (Wildman–Crippen MR) is 107 cm³/mol. The fraction of sp³-hybridized carbons (Fsp3) is 0.368. The van der Waals surface area contributed by atoms with Crippen molar-refractivity contribution in [2.24, 2.45) is 5.73 Å². The number of hydrogen-bond acceptors (Lipinski definition) is 4. The summed E-state index contributed by atoms with van der Waals surface area (Å²) in [6, 6.07) is 7.27. The van der Waals surface area contributed by atoms with Crippen LogP contribution in [0.3, 0.4) is 0 Å². The third-order valence-electron chi connectivity index (χ3n) is 4.67. The molecule has 2 heterocycles. The third kappa shape index (κ3) is 4.61. The number of ether oxygens (including phenoxy) is 1. The van der Waals surface area contributed by atoms with Gasteiger partial charge in [-0.2, -0.15) is 0 Å². The molecule has 0 bridgehead atoms. The molecule has 0 saturated carbocycles. The van der Waals surface area contributed by atoms with Crippen molar-refractivity contribution in [1.29, 1.82) is 0 Å². The summed E-state index contributed by atoms with van der Waals surface area (Å²) in [6.45, 7) is 6.00. The van der Waals surface area contributed by atoms with Crippen LogP contribution in [0.2, 0.25) is 5.02 Å². The van der Waals surface area contributed by atoms with E-state index in [2.05, 4.69) is 19.2 Å². The van der Waals surface area contributed by atoms with Crippen LogP contribution in [0.5, 0.6) is 5.75 Å². The van der Waals surface area contributed by atoms with Crippen LogP contribution in [-0.4, -0.2) is 31.0 Å². The number of anilines is 1. The van der Waals surface area contributed by atoms with Crippen molar-refractivity contribution in [3.63, 3.8) is 0 Å². The second kappa shape index (κ2) is 8.29. The van der Waals surface area contributed by atoms with Crippen LogP contribution in [0.15, 0.2) is 24.3 Å². The van der Waals surface area contributed by atoms with Gasteiger partial charge in [-0.25, -0.2) is 0 Å². The minimum Gasteiger partial charge on any atom is -0.484 e. The molecule has 0 spiro atoms. The van der Waals surface area contributed by atoms with Gasteiger partial charge >= 0.3 is 0 Å². The summed E-state index contributed by atoms with van der Waals surface area (Å²) in [6.07, 6.45) is 0.786. The van der Waals surface area contributed by atoms with E-state index >= 15 is 0 Å². The van der Waals surface area contributed by atoms with Crippen LogP contribution in [0.1, 0.15) is 34.6 Å².